The van der Waals surface area contributed by atoms with Crippen molar-refractivity contribution in [1.29, 1.82) is 0 Å². The number of nitrogens with zero attached hydrogens (tertiary/aromatic N) is 2. The van der Waals surface area contributed by atoms with Gasteiger partial charge in [-0.05, 0) is 62.8 Å². The van der Waals surface area contributed by atoms with Gasteiger partial charge in [0.1, 0.15) is 11.4 Å². The van der Waals surface area contributed by atoms with Crippen LogP contribution in [0.15, 0.2) is 36.4 Å². The van der Waals surface area contributed by atoms with Crippen LogP contribution in [0.5, 0.6) is 5.75 Å². The average molecular weight is 488 g/mol. The Labute approximate surface area is 209 Å². The lowest BCUT2D eigenvalue weighted by Crippen LogP contribution is -2.45. The van der Waals surface area contributed by atoms with E-state index in [1.807, 2.05) is 30.0 Å². The summed E-state index contributed by atoms with van der Waals surface area (Å²) in [7, 11) is 0. The second kappa shape index (κ2) is 8.48. The number of amides is 2. The molecule has 1 saturated heterocycles. The molecule has 2 amide bonds. The van der Waals surface area contributed by atoms with Crippen molar-refractivity contribution < 1.29 is 14.3 Å². The van der Waals surface area contributed by atoms with Crippen molar-refractivity contribution in [2.75, 3.05) is 13.2 Å². The molecule has 1 N–H and O–H groups in total. The van der Waals surface area contributed by atoms with Crippen LogP contribution in [0.2, 0.25) is 0 Å². The maximum absolute atomic E-state index is 13.9. The third-order valence-electron chi connectivity index (χ3n) is 7.49. The maximum Gasteiger partial charge on any atom is 0.274 e. The van der Waals surface area contributed by atoms with Crippen LogP contribution in [0.3, 0.4) is 0 Å². The first-order valence-corrected chi connectivity index (χ1v) is 13.1. The molecule has 0 unspecified atom stereocenters. The number of carbonyl (C=O) groups is 2. The topological polar surface area (TPSA) is 71.5 Å². The number of nitrogens with one attached hydrogen (secondary N) is 1. The Balaban J connectivity index is 1.23. The lowest BCUT2D eigenvalue weighted by Gasteiger charge is -2.28. The molecule has 7 heteroatoms. The summed E-state index contributed by atoms with van der Waals surface area (Å²) in [5, 5.41) is 4.00. The zero-order chi connectivity index (χ0) is 24.3. The van der Waals surface area contributed by atoms with E-state index in [1.165, 1.54) is 5.56 Å². The molecular weight excluding hydrogens is 458 g/mol. The van der Waals surface area contributed by atoms with Gasteiger partial charge in [0.2, 0.25) is 0 Å². The normalized spacial score (nSPS) is 21.9. The zero-order valence-electron chi connectivity index (χ0n) is 20.3. The Bertz CT molecular complexity index is 1350. The minimum Gasteiger partial charge on any atom is -0.493 e. The minimum absolute atomic E-state index is 0.0115. The Morgan fingerprint density at radius 2 is 2.03 bits per heavy atom. The second-order valence-electron chi connectivity index (χ2n) is 9.98. The Morgan fingerprint density at radius 3 is 2.86 bits per heavy atom. The number of fused-ring (bicyclic) bond motifs is 2. The summed E-state index contributed by atoms with van der Waals surface area (Å²) in [6.07, 6.45) is 2.72. The van der Waals surface area contributed by atoms with Crippen molar-refractivity contribution in [1.82, 2.24) is 15.2 Å². The third-order valence-corrected chi connectivity index (χ3v) is 8.50. The Hall–Kier alpha value is -3.19. The average Bonchev–Trinajstić information content (AvgIpc) is 3.17. The van der Waals surface area contributed by atoms with Gasteiger partial charge < -0.3 is 15.0 Å². The molecule has 35 heavy (non-hydrogen) atoms. The number of aryl methyl sites for hydroxylation is 3. The van der Waals surface area contributed by atoms with Gasteiger partial charge in [0.25, 0.3) is 11.8 Å². The van der Waals surface area contributed by atoms with Crippen molar-refractivity contribution >= 4 is 23.2 Å². The smallest absolute Gasteiger partial charge is 0.274 e. The molecule has 3 aromatic rings. The number of hydrogen-bond acceptors (Lipinski definition) is 5. The highest BCUT2D eigenvalue weighted by atomic mass is 32.1. The molecule has 3 aliphatic rings. The number of thiazole rings is 1. The molecule has 180 valence electrons. The molecule has 6 nitrogen and oxygen atoms in total. The van der Waals surface area contributed by atoms with Crippen molar-refractivity contribution in [3.8, 4) is 16.2 Å². The van der Waals surface area contributed by atoms with Crippen molar-refractivity contribution in [2.24, 2.45) is 5.92 Å². The molecule has 6 rings (SSSR count). The van der Waals surface area contributed by atoms with Crippen LogP contribution >= 0.6 is 11.3 Å². The molecule has 3 atom stereocenters. The molecule has 2 fully saturated rings. The third kappa shape index (κ3) is 3.92. The Kier molecular flexibility index (Phi) is 5.40. The predicted molar refractivity (Wildman–Crippen MR) is 136 cm³/mol. The summed E-state index contributed by atoms with van der Waals surface area (Å²) in [5.74, 6) is 1.22. The summed E-state index contributed by atoms with van der Waals surface area (Å²) >= 11 is 1.58. The van der Waals surface area contributed by atoms with E-state index in [0.717, 1.165) is 51.6 Å². The summed E-state index contributed by atoms with van der Waals surface area (Å²) in [5.41, 5.74) is 5.61. The van der Waals surface area contributed by atoms with Crippen LogP contribution < -0.4 is 10.1 Å². The highest BCUT2D eigenvalue weighted by molar-refractivity contribution is 7.15. The number of ether oxygens (including phenoxy) is 1. The number of benzene rings is 2. The van der Waals surface area contributed by atoms with E-state index in [-0.39, 0.29) is 23.9 Å². The number of hydrogen-bond donors (Lipinski definition) is 1. The van der Waals surface area contributed by atoms with Crippen LogP contribution in [0, 0.1) is 26.7 Å². The first-order valence-electron chi connectivity index (χ1n) is 12.3. The standard InChI is InChI=1S/C28H29N3O3S/c1-15-7-8-20(16(2)11-15)26-25(30-17(3)35-26)28(33)31-19(12-18-13-23(18)31)14-29-27(32)22-5-4-6-24-21(22)9-10-34-24/h4-8,11,18-19,23H,9-10,12-14H2,1-3H3,(H,29,32)/t18-,19+,23+/m1/s1. The maximum atomic E-state index is 13.9. The fraction of sp³-hybridized carbons (Fsp3) is 0.393. The highest BCUT2D eigenvalue weighted by Gasteiger charge is 2.54. The number of carbonyl (C=O) groups excluding carboxylic acids is 2. The molecule has 3 heterocycles. The monoisotopic (exact) mass is 487 g/mol. The van der Waals surface area contributed by atoms with Gasteiger partial charge >= 0.3 is 0 Å². The van der Waals surface area contributed by atoms with E-state index >= 15 is 0 Å². The fourth-order valence-corrected chi connectivity index (χ4v) is 6.74. The fourth-order valence-electron chi connectivity index (χ4n) is 5.74. The second-order valence-corrected chi connectivity index (χ2v) is 11.2. The van der Waals surface area contributed by atoms with E-state index in [2.05, 4.69) is 37.4 Å². The summed E-state index contributed by atoms with van der Waals surface area (Å²) in [4.78, 5) is 34.6. The quantitative estimate of drug-likeness (QED) is 0.566. The Morgan fingerprint density at radius 1 is 1.17 bits per heavy atom. The SMILES string of the molecule is Cc1ccc(-c2sc(C)nc2C(=O)N2[C@H](CNC(=O)c3cccc4c3CCO4)C[C@@H]3C[C@@H]32)c(C)c1. The number of rotatable bonds is 5. The van der Waals surface area contributed by atoms with Gasteiger partial charge in [0.05, 0.1) is 22.5 Å². The minimum atomic E-state index is -0.0965. The van der Waals surface area contributed by atoms with Crippen LogP contribution in [-0.4, -0.2) is 46.9 Å². The van der Waals surface area contributed by atoms with E-state index < -0.39 is 0 Å². The molecule has 1 aromatic heterocycles. The van der Waals surface area contributed by atoms with Crippen molar-refractivity contribution in [3.63, 3.8) is 0 Å². The molecule has 0 radical (unpaired) electrons. The van der Waals surface area contributed by atoms with Crippen LogP contribution in [0.25, 0.3) is 10.4 Å². The molecule has 2 aliphatic heterocycles. The first kappa shape index (κ1) is 22.3. The molecular formula is C28H29N3O3S. The number of likely N-dealkylation sites (tertiary alicyclic amines) is 1. The number of aromatic nitrogens is 1. The van der Waals surface area contributed by atoms with Gasteiger partial charge in [0, 0.05) is 30.1 Å². The van der Waals surface area contributed by atoms with Crippen LogP contribution in [0.4, 0.5) is 0 Å². The summed E-state index contributed by atoms with van der Waals surface area (Å²) in [6, 6.07) is 12.2. The van der Waals surface area contributed by atoms with E-state index in [9.17, 15) is 9.59 Å². The van der Waals surface area contributed by atoms with Gasteiger partial charge in [-0.2, -0.15) is 0 Å². The lowest BCUT2D eigenvalue weighted by atomic mass is 10.0. The predicted octanol–water partition coefficient (Wildman–Crippen LogP) is 4.70. The van der Waals surface area contributed by atoms with Gasteiger partial charge in [-0.15, -0.1) is 11.3 Å². The molecule has 1 saturated carbocycles. The highest BCUT2D eigenvalue weighted by Crippen LogP contribution is 2.49. The van der Waals surface area contributed by atoms with Gasteiger partial charge in [-0.25, -0.2) is 4.98 Å². The summed E-state index contributed by atoms with van der Waals surface area (Å²) in [6.45, 7) is 7.18. The van der Waals surface area contributed by atoms with E-state index in [1.54, 1.807) is 11.3 Å². The molecule has 0 spiro atoms. The van der Waals surface area contributed by atoms with Crippen molar-refractivity contribution in [2.45, 2.75) is 52.1 Å². The molecule has 0 bridgehead atoms. The zero-order valence-corrected chi connectivity index (χ0v) is 21.1. The van der Waals surface area contributed by atoms with Crippen LogP contribution in [0.1, 0.15) is 55.4 Å². The molecule has 2 aromatic carbocycles. The first-order chi connectivity index (χ1) is 16.9. The van der Waals surface area contributed by atoms with E-state index in [0.29, 0.717) is 30.3 Å². The largest absolute Gasteiger partial charge is 0.493 e. The van der Waals surface area contributed by atoms with Gasteiger partial charge in [-0.1, -0.05) is 29.8 Å². The van der Waals surface area contributed by atoms with E-state index in [4.69, 9.17) is 9.72 Å². The van der Waals surface area contributed by atoms with Gasteiger partial charge in [0.15, 0.2) is 0 Å². The summed E-state index contributed by atoms with van der Waals surface area (Å²) < 4.78 is 5.61. The molecule has 1 aliphatic carbocycles. The van der Waals surface area contributed by atoms with Crippen molar-refractivity contribution in [3.05, 3.63) is 69.4 Å². The van der Waals surface area contributed by atoms with Crippen LogP contribution in [-0.2, 0) is 6.42 Å². The number of piperidine rings is 1. The lowest BCUT2D eigenvalue weighted by molar-refractivity contribution is 0.0684. The van der Waals surface area contributed by atoms with Gasteiger partial charge in [-0.3, -0.25) is 9.59 Å².